The average molecular weight is 1050 g/mol. The van der Waals surface area contributed by atoms with Crippen molar-refractivity contribution in [3.63, 3.8) is 0 Å². The quantitative estimate of drug-likeness (QED) is 0.0343. The first-order chi connectivity index (χ1) is 36.5. The molecule has 0 amide bonds. The minimum absolute atomic E-state index is 0.0604. The first-order valence-electron chi connectivity index (χ1n) is 34.0. The second-order valence-electron chi connectivity index (χ2n) is 23.5. The van der Waals surface area contributed by atoms with Gasteiger partial charge in [0, 0.05) is 19.3 Å². The van der Waals surface area contributed by atoms with Gasteiger partial charge in [-0.1, -0.05) is 361 Å². The Hall–Kier alpha value is -1.59. The number of rotatable bonds is 64. The van der Waals surface area contributed by atoms with Gasteiger partial charge in [0.05, 0.1) is 0 Å². The van der Waals surface area contributed by atoms with Gasteiger partial charge in [-0.15, -0.1) is 0 Å². The van der Waals surface area contributed by atoms with Gasteiger partial charge >= 0.3 is 17.9 Å². The summed E-state index contributed by atoms with van der Waals surface area (Å²) in [5.74, 6) is -0.823. The van der Waals surface area contributed by atoms with E-state index in [9.17, 15) is 14.4 Å². The molecule has 6 nitrogen and oxygen atoms in total. The summed E-state index contributed by atoms with van der Waals surface area (Å²) in [5.41, 5.74) is 0. The molecule has 0 aromatic rings. The van der Waals surface area contributed by atoms with E-state index in [0.29, 0.717) is 19.3 Å². The molecule has 0 bridgehead atoms. The van der Waals surface area contributed by atoms with Crippen LogP contribution in [0.1, 0.15) is 400 Å². The van der Waals surface area contributed by atoms with Gasteiger partial charge in [-0.3, -0.25) is 14.4 Å². The van der Waals surface area contributed by atoms with Gasteiger partial charge in [0.15, 0.2) is 6.10 Å². The molecule has 6 heteroatoms. The molecule has 1 unspecified atom stereocenters. The van der Waals surface area contributed by atoms with Crippen LogP contribution < -0.4 is 0 Å². The van der Waals surface area contributed by atoms with E-state index in [2.05, 4.69) is 20.8 Å². The summed E-state index contributed by atoms with van der Waals surface area (Å²) in [4.78, 5) is 38.3. The number of hydrogen-bond donors (Lipinski definition) is 0. The third-order valence-corrected chi connectivity index (χ3v) is 15.9. The molecule has 0 fully saturated rings. The van der Waals surface area contributed by atoms with Crippen molar-refractivity contribution < 1.29 is 28.6 Å². The maximum Gasteiger partial charge on any atom is 0.306 e. The normalized spacial score (nSPS) is 11.9. The Morgan fingerprint density at radius 3 is 0.541 bits per heavy atom. The topological polar surface area (TPSA) is 78.9 Å². The van der Waals surface area contributed by atoms with E-state index in [4.69, 9.17) is 14.2 Å². The molecule has 0 aliphatic heterocycles. The Kier molecular flexibility index (Phi) is 62.6. The minimum atomic E-state index is -0.762. The van der Waals surface area contributed by atoms with Crippen molar-refractivity contribution in [1.82, 2.24) is 0 Å². The number of carbonyl (C=O) groups excluding carboxylic acids is 3. The van der Waals surface area contributed by atoms with Gasteiger partial charge in [-0.2, -0.15) is 0 Å². The van der Waals surface area contributed by atoms with Gasteiger partial charge in [-0.25, -0.2) is 0 Å². The van der Waals surface area contributed by atoms with E-state index in [1.54, 1.807) is 0 Å². The lowest BCUT2D eigenvalue weighted by molar-refractivity contribution is -0.167. The van der Waals surface area contributed by atoms with E-state index in [1.165, 1.54) is 302 Å². The molecule has 1 atom stereocenters. The Bertz CT molecular complexity index is 1110. The fourth-order valence-corrected chi connectivity index (χ4v) is 10.7. The molecule has 0 saturated carbocycles. The lowest BCUT2D eigenvalue weighted by atomic mass is 10.0. The summed E-state index contributed by atoms with van der Waals surface area (Å²) in [5, 5.41) is 0. The van der Waals surface area contributed by atoms with Crippen molar-refractivity contribution in [2.45, 2.75) is 406 Å². The predicted octanol–water partition coefficient (Wildman–Crippen LogP) is 23.1. The third kappa shape index (κ3) is 61.3. The Morgan fingerprint density at radius 1 is 0.216 bits per heavy atom. The molecule has 0 aromatic carbocycles. The summed E-state index contributed by atoms with van der Waals surface area (Å²) in [6, 6.07) is 0. The molecule has 0 aliphatic carbocycles. The van der Waals surface area contributed by atoms with Crippen molar-refractivity contribution in [3.05, 3.63) is 0 Å². The molecule has 0 aromatic heterocycles. The zero-order valence-electron chi connectivity index (χ0n) is 50.7. The maximum atomic E-state index is 12.9. The van der Waals surface area contributed by atoms with Crippen molar-refractivity contribution in [1.29, 1.82) is 0 Å². The zero-order chi connectivity index (χ0) is 53.6. The Balaban J connectivity index is 4.17. The highest BCUT2D eigenvalue weighted by Gasteiger charge is 2.19. The number of unbranched alkanes of at least 4 members (excludes halogenated alkanes) is 53. The number of hydrogen-bond acceptors (Lipinski definition) is 6. The van der Waals surface area contributed by atoms with Crippen LogP contribution in [0.25, 0.3) is 0 Å². The van der Waals surface area contributed by atoms with Crippen LogP contribution >= 0.6 is 0 Å². The highest BCUT2D eigenvalue weighted by Crippen LogP contribution is 2.19. The molecule has 0 aliphatic rings. The van der Waals surface area contributed by atoms with Crippen LogP contribution in [0, 0.1) is 0 Å². The summed E-state index contributed by atoms with van der Waals surface area (Å²) in [6.07, 6.45) is 74.1. The molecule has 0 saturated heterocycles. The van der Waals surface area contributed by atoms with Crippen LogP contribution in [0.5, 0.6) is 0 Å². The molecule has 0 radical (unpaired) electrons. The number of carbonyl (C=O) groups is 3. The van der Waals surface area contributed by atoms with E-state index < -0.39 is 6.10 Å². The molecule has 0 spiro atoms. The van der Waals surface area contributed by atoms with Gasteiger partial charge in [0.25, 0.3) is 0 Å². The molecule has 0 rings (SSSR count). The molecule has 440 valence electrons. The second kappa shape index (κ2) is 63.9. The smallest absolute Gasteiger partial charge is 0.306 e. The van der Waals surface area contributed by atoms with Crippen LogP contribution in [0.3, 0.4) is 0 Å². The van der Waals surface area contributed by atoms with Crippen LogP contribution in [0.2, 0.25) is 0 Å². The molecular weight excluding hydrogens is 913 g/mol. The number of ether oxygens (including phenoxy) is 3. The van der Waals surface area contributed by atoms with Gasteiger partial charge in [-0.05, 0) is 19.3 Å². The lowest BCUT2D eigenvalue weighted by Crippen LogP contribution is -2.30. The second-order valence-corrected chi connectivity index (χ2v) is 23.5. The Labute approximate surface area is 463 Å². The Morgan fingerprint density at radius 2 is 0.365 bits per heavy atom. The summed E-state index contributed by atoms with van der Waals surface area (Å²) in [6.45, 7) is 6.73. The van der Waals surface area contributed by atoms with Gasteiger partial charge in [0.1, 0.15) is 13.2 Å². The van der Waals surface area contributed by atoms with E-state index in [1.807, 2.05) is 0 Å². The third-order valence-electron chi connectivity index (χ3n) is 15.9. The van der Waals surface area contributed by atoms with Crippen molar-refractivity contribution in [3.8, 4) is 0 Å². The van der Waals surface area contributed by atoms with E-state index in [-0.39, 0.29) is 31.1 Å². The molecule has 0 N–H and O–H groups in total. The monoisotopic (exact) mass is 1050 g/mol. The fraction of sp³-hybridized carbons (Fsp3) is 0.956. The zero-order valence-corrected chi connectivity index (χ0v) is 50.7. The van der Waals surface area contributed by atoms with Crippen LogP contribution in [0.4, 0.5) is 0 Å². The van der Waals surface area contributed by atoms with E-state index in [0.717, 1.165) is 57.8 Å². The first kappa shape index (κ1) is 72.4. The largest absolute Gasteiger partial charge is 0.462 e. The summed E-state index contributed by atoms with van der Waals surface area (Å²) < 4.78 is 17.0. The number of esters is 3. The van der Waals surface area contributed by atoms with Crippen molar-refractivity contribution in [2.75, 3.05) is 13.2 Å². The van der Waals surface area contributed by atoms with Crippen molar-refractivity contribution in [2.24, 2.45) is 0 Å². The average Bonchev–Trinajstić information content (AvgIpc) is 3.40. The fourth-order valence-electron chi connectivity index (χ4n) is 10.7. The standard InChI is InChI=1S/C68H132O6/c1-4-7-10-13-16-19-22-25-27-29-30-31-32-33-34-35-36-37-39-40-43-46-49-52-55-58-61-67(70)73-64-65(63-72-66(69)60-57-54-51-48-45-42-24-21-18-15-12-9-6-3)74-68(71)62-59-56-53-50-47-44-41-38-28-26-23-20-17-14-11-8-5-2/h65H,4-64H2,1-3H3. The van der Waals surface area contributed by atoms with Gasteiger partial charge < -0.3 is 14.2 Å². The lowest BCUT2D eigenvalue weighted by Gasteiger charge is -2.18. The van der Waals surface area contributed by atoms with Crippen LogP contribution in [-0.2, 0) is 28.6 Å². The van der Waals surface area contributed by atoms with Crippen molar-refractivity contribution >= 4 is 17.9 Å². The summed E-state index contributed by atoms with van der Waals surface area (Å²) in [7, 11) is 0. The van der Waals surface area contributed by atoms with Crippen LogP contribution in [0.15, 0.2) is 0 Å². The molecular formula is C68H132O6. The maximum absolute atomic E-state index is 12.9. The minimum Gasteiger partial charge on any atom is -0.462 e. The van der Waals surface area contributed by atoms with Crippen LogP contribution in [-0.4, -0.2) is 37.2 Å². The molecule has 74 heavy (non-hydrogen) atoms. The first-order valence-corrected chi connectivity index (χ1v) is 34.0. The SMILES string of the molecule is CCCCCCCCCCCCCCCCCCCCCCCCCCCCC(=O)OCC(COC(=O)CCCCCCCCCCCCCCC)OC(=O)CCCCCCCCCCCCCCCCCCC. The van der Waals surface area contributed by atoms with E-state index >= 15 is 0 Å². The predicted molar refractivity (Wildman–Crippen MR) is 321 cm³/mol. The highest BCUT2D eigenvalue weighted by molar-refractivity contribution is 5.71. The highest BCUT2D eigenvalue weighted by atomic mass is 16.6. The summed E-state index contributed by atoms with van der Waals surface area (Å²) >= 11 is 0. The molecule has 0 heterocycles. The van der Waals surface area contributed by atoms with Gasteiger partial charge in [0.2, 0.25) is 0 Å².